The van der Waals surface area contributed by atoms with Crippen LogP contribution in [-0.4, -0.2) is 22.4 Å². The molecule has 0 radical (unpaired) electrons. The molecule has 0 bridgehead atoms. The topological polar surface area (TPSA) is 46.1 Å². The average Bonchev–Trinajstić information content (AvgIpc) is 2.46. The molecule has 0 fully saturated rings. The normalized spacial score (nSPS) is 14.1. The number of fused-ring (bicyclic) bond motifs is 1. The fourth-order valence-electron chi connectivity index (χ4n) is 2.49. The molecule has 0 aliphatic carbocycles. The van der Waals surface area contributed by atoms with Crippen molar-refractivity contribution >= 4 is 11.6 Å². The maximum atomic E-state index is 12.6. The SMILES string of the molecule is Cc1ncncc1C(=O)N1CCCc2ccccc21. The lowest BCUT2D eigenvalue weighted by molar-refractivity contribution is 0.0983. The first-order chi connectivity index (χ1) is 9.27. The number of hydrogen-bond donors (Lipinski definition) is 0. The van der Waals surface area contributed by atoms with Gasteiger partial charge in [0.25, 0.3) is 5.91 Å². The summed E-state index contributed by atoms with van der Waals surface area (Å²) in [5.41, 5.74) is 3.56. The van der Waals surface area contributed by atoms with Crippen LogP contribution in [-0.2, 0) is 6.42 Å². The van der Waals surface area contributed by atoms with E-state index in [1.54, 1.807) is 6.20 Å². The maximum absolute atomic E-state index is 12.6. The fourth-order valence-corrected chi connectivity index (χ4v) is 2.49. The number of para-hydroxylation sites is 1. The largest absolute Gasteiger partial charge is 0.308 e. The van der Waals surface area contributed by atoms with Gasteiger partial charge in [-0.05, 0) is 31.4 Å². The fraction of sp³-hybridized carbons (Fsp3) is 0.267. The van der Waals surface area contributed by atoms with Crippen molar-refractivity contribution in [1.82, 2.24) is 9.97 Å². The highest BCUT2D eigenvalue weighted by Crippen LogP contribution is 2.28. The van der Waals surface area contributed by atoms with Crippen molar-refractivity contribution < 1.29 is 4.79 Å². The van der Waals surface area contributed by atoms with Crippen molar-refractivity contribution in [3.05, 3.63) is 53.6 Å². The van der Waals surface area contributed by atoms with Gasteiger partial charge in [-0.3, -0.25) is 4.79 Å². The number of aromatic nitrogens is 2. The summed E-state index contributed by atoms with van der Waals surface area (Å²) in [7, 11) is 0. The number of carbonyl (C=O) groups is 1. The quantitative estimate of drug-likeness (QED) is 0.784. The number of hydrogen-bond acceptors (Lipinski definition) is 3. The molecule has 2 aromatic rings. The second kappa shape index (κ2) is 4.80. The van der Waals surface area contributed by atoms with Crippen LogP contribution in [0.4, 0.5) is 5.69 Å². The number of nitrogens with zero attached hydrogens (tertiary/aromatic N) is 3. The summed E-state index contributed by atoms with van der Waals surface area (Å²) in [6, 6.07) is 8.08. The second-order valence-corrected chi connectivity index (χ2v) is 4.71. The van der Waals surface area contributed by atoms with Crippen molar-refractivity contribution in [2.75, 3.05) is 11.4 Å². The zero-order valence-corrected chi connectivity index (χ0v) is 10.8. The van der Waals surface area contributed by atoms with Gasteiger partial charge >= 0.3 is 0 Å². The standard InChI is InChI=1S/C15H15N3O/c1-11-13(9-16-10-17-11)15(19)18-8-4-6-12-5-2-3-7-14(12)18/h2-3,5,7,9-10H,4,6,8H2,1H3. The summed E-state index contributed by atoms with van der Waals surface area (Å²) in [6.45, 7) is 2.59. The smallest absolute Gasteiger partial charge is 0.261 e. The first-order valence-corrected chi connectivity index (χ1v) is 6.44. The van der Waals surface area contributed by atoms with Gasteiger partial charge in [0, 0.05) is 18.4 Å². The van der Waals surface area contributed by atoms with E-state index in [1.807, 2.05) is 30.0 Å². The lowest BCUT2D eigenvalue weighted by Gasteiger charge is -2.29. The average molecular weight is 253 g/mol. The first kappa shape index (κ1) is 11.8. The molecule has 19 heavy (non-hydrogen) atoms. The minimum Gasteiger partial charge on any atom is -0.308 e. The van der Waals surface area contributed by atoms with E-state index < -0.39 is 0 Å². The minimum absolute atomic E-state index is 0.00903. The molecule has 4 heteroatoms. The number of amides is 1. The molecule has 0 N–H and O–H groups in total. The zero-order valence-electron chi connectivity index (χ0n) is 10.8. The highest BCUT2D eigenvalue weighted by molar-refractivity contribution is 6.07. The molecule has 3 rings (SSSR count). The van der Waals surface area contributed by atoms with E-state index in [0.717, 1.165) is 30.8 Å². The molecule has 1 aliphatic heterocycles. The Hall–Kier alpha value is -2.23. The molecule has 0 unspecified atom stereocenters. The maximum Gasteiger partial charge on any atom is 0.261 e. The van der Waals surface area contributed by atoms with E-state index >= 15 is 0 Å². The Balaban J connectivity index is 2.00. The predicted molar refractivity (Wildman–Crippen MR) is 73.2 cm³/mol. The molecule has 2 heterocycles. The van der Waals surface area contributed by atoms with E-state index in [-0.39, 0.29) is 5.91 Å². The molecule has 0 atom stereocenters. The van der Waals surface area contributed by atoms with Gasteiger partial charge in [0.1, 0.15) is 6.33 Å². The van der Waals surface area contributed by atoms with Gasteiger partial charge < -0.3 is 4.90 Å². The summed E-state index contributed by atoms with van der Waals surface area (Å²) in [5, 5.41) is 0. The van der Waals surface area contributed by atoms with Crippen LogP contribution in [0.1, 0.15) is 28.0 Å². The van der Waals surface area contributed by atoms with Crippen LogP contribution >= 0.6 is 0 Å². The zero-order chi connectivity index (χ0) is 13.2. The number of rotatable bonds is 1. The predicted octanol–water partition coefficient (Wildman–Crippen LogP) is 2.38. The minimum atomic E-state index is -0.00903. The van der Waals surface area contributed by atoms with Crippen LogP contribution in [0, 0.1) is 6.92 Å². The van der Waals surface area contributed by atoms with Crippen molar-refractivity contribution in [3.8, 4) is 0 Å². The summed E-state index contributed by atoms with van der Waals surface area (Å²) < 4.78 is 0. The molecule has 0 saturated heterocycles. The van der Waals surface area contributed by atoms with Crippen molar-refractivity contribution in [3.63, 3.8) is 0 Å². The molecule has 96 valence electrons. The summed E-state index contributed by atoms with van der Waals surface area (Å²) >= 11 is 0. The number of anilines is 1. The van der Waals surface area contributed by atoms with E-state index in [1.165, 1.54) is 11.9 Å². The summed E-state index contributed by atoms with van der Waals surface area (Å²) in [4.78, 5) is 22.5. The van der Waals surface area contributed by atoms with E-state index in [9.17, 15) is 4.79 Å². The van der Waals surface area contributed by atoms with Crippen LogP contribution in [0.3, 0.4) is 0 Å². The monoisotopic (exact) mass is 253 g/mol. The van der Waals surface area contributed by atoms with Crippen LogP contribution in [0.25, 0.3) is 0 Å². The molecule has 0 saturated carbocycles. The highest BCUT2D eigenvalue weighted by Gasteiger charge is 2.24. The van der Waals surface area contributed by atoms with Crippen LogP contribution in [0.2, 0.25) is 0 Å². The molecule has 1 aromatic heterocycles. The van der Waals surface area contributed by atoms with Crippen LogP contribution < -0.4 is 4.90 Å². The molecule has 1 aliphatic rings. The lowest BCUT2D eigenvalue weighted by Crippen LogP contribution is -2.36. The van der Waals surface area contributed by atoms with E-state index in [4.69, 9.17) is 0 Å². The Morgan fingerprint density at radius 1 is 1.32 bits per heavy atom. The molecule has 4 nitrogen and oxygen atoms in total. The van der Waals surface area contributed by atoms with Crippen molar-refractivity contribution in [1.29, 1.82) is 0 Å². The lowest BCUT2D eigenvalue weighted by atomic mass is 10.0. The second-order valence-electron chi connectivity index (χ2n) is 4.71. The Bertz CT molecular complexity index is 624. The van der Waals surface area contributed by atoms with Gasteiger partial charge in [-0.2, -0.15) is 0 Å². The third-order valence-electron chi connectivity index (χ3n) is 3.50. The Morgan fingerprint density at radius 3 is 3.00 bits per heavy atom. The highest BCUT2D eigenvalue weighted by atomic mass is 16.2. The third kappa shape index (κ3) is 2.10. The van der Waals surface area contributed by atoms with Gasteiger partial charge in [-0.1, -0.05) is 18.2 Å². The third-order valence-corrected chi connectivity index (χ3v) is 3.50. The Labute approximate surface area is 112 Å². The molecule has 0 spiro atoms. The van der Waals surface area contributed by atoms with Crippen molar-refractivity contribution in [2.45, 2.75) is 19.8 Å². The molecular weight excluding hydrogens is 238 g/mol. The van der Waals surface area contributed by atoms with Gasteiger partial charge in [0.2, 0.25) is 0 Å². The Kier molecular flexibility index (Phi) is 2.99. The number of carbonyl (C=O) groups excluding carboxylic acids is 1. The number of aryl methyl sites for hydroxylation is 2. The van der Waals surface area contributed by atoms with Gasteiger partial charge in [-0.15, -0.1) is 0 Å². The molecule has 1 aromatic carbocycles. The van der Waals surface area contributed by atoms with E-state index in [0.29, 0.717) is 5.56 Å². The molecular formula is C15H15N3O. The first-order valence-electron chi connectivity index (χ1n) is 6.44. The van der Waals surface area contributed by atoms with Gasteiger partial charge in [0.15, 0.2) is 0 Å². The van der Waals surface area contributed by atoms with Crippen LogP contribution in [0.15, 0.2) is 36.8 Å². The van der Waals surface area contributed by atoms with E-state index in [2.05, 4.69) is 16.0 Å². The number of benzene rings is 1. The van der Waals surface area contributed by atoms with Gasteiger partial charge in [0.05, 0.1) is 11.3 Å². The van der Waals surface area contributed by atoms with Crippen LogP contribution in [0.5, 0.6) is 0 Å². The van der Waals surface area contributed by atoms with Crippen molar-refractivity contribution in [2.24, 2.45) is 0 Å². The molecule has 1 amide bonds. The summed E-state index contributed by atoms with van der Waals surface area (Å²) in [6.07, 6.45) is 5.10. The Morgan fingerprint density at radius 2 is 2.16 bits per heavy atom. The summed E-state index contributed by atoms with van der Waals surface area (Å²) in [5.74, 6) is -0.00903. The van der Waals surface area contributed by atoms with Gasteiger partial charge in [-0.25, -0.2) is 9.97 Å².